The molecular formula is C18H36Te. The molecule has 0 aliphatic carbocycles. The Morgan fingerprint density at radius 2 is 1.32 bits per heavy atom. The van der Waals surface area contributed by atoms with Crippen LogP contribution in [0.15, 0.2) is 9.70 Å². The first-order chi connectivity index (χ1) is 9.35. The summed E-state index contributed by atoms with van der Waals surface area (Å²) in [5, 5.41) is 0. The molecule has 0 aromatic carbocycles. The summed E-state index contributed by atoms with van der Waals surface area (Å²) in [6.07, 6.45) is 19.7. The Kier molecular flexibility index (Phi) is 17.0. The maximum absolute atomic E-state index is 2.54. The molecule has 0 heterocycles. The van der Waals surface area contributed by atoms with Crippen molar-refractivity contribution in [1.82, 2.24) is 0 Å². The third-order valence-electron chi connectivity index (χ3n) is 3.49. The van der Waals surface area contributed by atoms with Crippen molar-refractivity contribution in [2.24, 2.45) is 0 Å². The fourth-order valence-electron chi connectivity index (χ4n) is 2.24. The van der Waals surface area contributed by atoms with Gasteiger partial charge in [-0.2, -0.15) is 0 Å². The molecule has 114 valence electrons. The Morgan fingerprint density at radius 3 is 1.89 bits per heavy atom. The van der Waals surface area contributed by atoms with Crippen molar-refractivity contribution >= 4 is 20.9 Å². The normalized spacial score (nSPS) is 12.1. The van der Waals surface area contributed by atoms with Crippen LogP contribution in [0.2, 0.25) is 4.47 Å². The number of hydrogen-bond acceptors (Lipinski definition) is 0. The fraction of sp³-hybridized carbons (Fsp3) is 0.889. The van der Waals surface area contributed by atoms with Crippen LogP contribution in [0, 0.1) is 0 Å². The summed E-state index contributed by atoms with van der Waals surface area (Å²) in [6.45, 7) is 6.90. The zero-order chi connectivity index (χ0) is 14.2. The van der Waals surface area contributed by atoms with E-state index in [-0.39, 0.29) is 20.9 Å². The zero-order valence-corrected chi connectivity index (χ0v) is 16.0. The van der Waals surface area contributed by atoms with E-state index in [1.54, 1.807) is 0 Å². The fourth-order valence-corrected chi connectivity index (χ4v) is 5.86. The van der Waals surface area contributed by atoms with Crippen molar-refractivity contribution in [2.45, 2.75) is 102 Å². The molecule has 0 atom stereocenters. The summed E-state index contributed by atoms with van der Waals surface area (Å²) < 4.78 is 3.40. The number of allylic oxidation sites excluding steroid dienone is 2. The van der Waals surface area contributed by atoms with Crippen LogP contribution in [-0.4, -0.2) is 20.9 Å². The minimum atomic E-state index is 0.193. The van der Waals surface area contributed by atoms with Gasteiger partial charge in [-0.15, -0.1) is 0 Å². The number of hydrogen-bond donors (Lipinski definition) is 0. The molecule has 0 fully saturated rings. The molecule has 0 aliphatic rings. The van der Waals surface area contributed by atoms with E-state index in [1.165, 1.54) is 81.5 Å². The second-order valence-corrected chi connectivity index (χ2v) is 8.99. The molecule has 19 heavy (non-hydrogen) atoms. The summed E-state index contributed by atoms with van der Waals surface area (Å²) in [5.41, 5.74) is 0. The molecule has 0 radical (unpaired) electrons. The van der Waals surface area contributed by atoms with E-state index in [0.717, 1.165) is 0 Å². The maximum atomic E-state index is 2.54. The average molecular weight is 380 g/mol. The average Bonchev–Trinajstić information content (AvgIpc) is 2.42. The first-order valence-corrected chi connectivity index (χ1v) is 11.5. The van der Waals surface area contributed by atoms with Crippen molar-refractivity contribution in [1.29, 1.82) is 0 Å². The van der Waals surface area contributed by atoms with Gasteiger partial charge in [-0.1, -0.05) is 0 Å². The van der Waals surface area contributed by atoms with E-state index in [2.05, 4.69) is 26.8 Å². The van der Waals surface area contributed by atoms with Crippen LogP contribution >= 0.6 is 0 Å². The molecule has 0 spiro atoms. The van der Waals surface area contributed by atoms with Crippen LogP contribution in [0.25, 0.3) is 0 Å². The van der Waals surface area contributed by atoms with E-state index in [9.17, 15) is 0 Å². The van der Waals surface area contributed by atoms with Gasteiger partial charge in [0.2, 0.25) is 0 Å². The standard InChI is InChI=1S/C18H36Te/c1-4-7-9-10-11-12-13-14-16-18(15-6-3)19-17-8-5-2/h15H,4-14,16-17H2,1-3H3/b18-15+. The summed E-state index contributed by atoms with van der Waals surface area (Å²) in [5.74, 6) is 0. The monoisotopic (exact) mass is 382 g/mol. The van der Waals surface area contributed by atoms with Crippen LogP contribution in [-0.2, 0) is 0 Å². The SMILES string of the molecule is CC/C=C(\CCCCCCCCCC)[Te]CCCC. The molecule has 0 aromatic heterocycles. The van der Waals surface area contributed by atoms with Crippen LogP contribution in [0.5, 0.6) is 0 Å². The number of unbranched alkanes of at least 4 members (excludes halogenated alkanes) is 8. The van der Waals surface area contributed by atoms with E-state index in [1.807, 2.05) is 3.62 Å². The Labute approximate surface area is 132 Å². The van der Waals surface area contributed by atoms with Crippen LogP contribution < -0.4 is 0 Å². The van der Waals surface area contributed by atoms with Crippen molar-refractivity contribution < 1.29 is 0 Å². The third kappa shape index (κ3) is 14.7. The molecule has 0 N–H and O–H groups in total. The Hall–Kier alpha value is 0.530. The van der Waals surface area contributed by atoms with E-state index in [4.69, 9.17) is 0 Å². The summed E-state index contributed by atoms with van der Waals surface area (Å²) in [6, 6.07) is 0. The molecule has 1 heteroatoms. The second kappa shape index (κ2) is 16.6. The summed E-state index contributed by atoms with van der Waals surface area (Å²) in [4.78, 5) is 0. The molecule has 0 nitrogen and oxygen atoms in total. The van der Waals surface area contributed by atoms with Gasteiger partial charge in [0.15, 0.2) is 0 Å². The van der Waals surface area contributed by atoms with Gasteiger partial charge in [0.1, 0.15) is 0 Å². The molecule has 0 aliphatic heterocycles. The van der Waals surface area contributed by atoms with Gasteiger partial charge < -0.3 is 0 Å². The first-order valence-electron chi connectivity index (χ1n) is 8.66. The molecular weight excluding hydrogens is 344 g/mol. The molecule has 0 amide bonds. The van der Waals surface area contributed by atoms with Gasteiger partial charge in [0.25, 0.3) is 0 Å². The third-order valence-corrected chi connectivity index (χ3v) is 7.02. The van der Waals surface area contributed by atoms with Crippen molar-refractivity contribution in [3.05, 3.63) is 9.70 Å². The Balaban J connectivity index is 3.45. The second-order valence-electron chi connectivity index (χ2n) is 5.51. The van der Waals surface area contributed by atoms with Crippen molar-refractivity contribution in [3.63, 3.8) is 0 Å². The minimum absolute atomic E-state index is 0.193. The van der Waals surface area contributed by atoms with Crippen molar-refractivity contribution in [3.8, 4) is 0 Å². The predicted molar refractivity (Wildman–Crippen MR) is 91.1 cm³/mol. The zero-order valence-electron chi connectivity index (χ0n) is 13.7. The van der Waals surface area contributed by atoms with Crippen LogP contribution in [0.3, 0.4) is 0 Å². The topological polar surface area (TPSA) is 0 Å². The predicted octanol–water partition coefficient (Wildman–Crippen LogP) is 6.73. The van der Waals surface area contributed by atoms with Gasteiger partial charge in [-0.05, 0) is 0 Å². The van der Waals surface area contributed by atoms with E-state index >= 15 is 0 Å². The van der Waals surface area contributed by atoms with Gasteiger partial charge in [-0.25, -0.2) is 0 Å². The van der Waals surface area contributed by atoms with Crippen LogP contribution in [0.4, 0.5) is 0 Å². The van der Waals surface area contributed by atoms with Gasteiger partial charge >= 0.3 is 133 Å². The quantitative estimate of drug-likeness (QED) is 0.231. The number of rotatable bonds is 14. The van der Waals surface area contributed by atoms with Crippen molar-refractivity contribution in [2.75, 3.05) is 0 Å². The van der Waals surface area contributed by atoms with Gasteiger partial charge in [-0.3, -0.25) is 0 Å². The molecule has 0 rings (SSSR count). The van der Waals surface area contributed by atoms with E-state index in [0.29, 0.717) is 0 Å². The molecule has 0 unspecified atom stereocenters. The Bertz CT molecular complexity index is 196. The van der Waals surface area contributed by atoms with Crippen LogP contribution in [0.1, 0.15) is 97.8 Å². The summed E-state index contributed by atoms with van der Waals surface area (Å²) >= 11 is 0.193. The Morgan fingerprint density at radius 1 is 0.737 bits per heavy atom. The van der Waals surface area contributed by atoms with Gasteiger partial charge in [0, 0.05) is 0 Å². The summed E-state index contributed by atoms with van der Waals surface area (Å²) in [7, 11) is 0. The van der Waals surface area contributed by atoms with Gasteiger partial charge in [0.05, 0.1) is 0 Å². The molecule has 0 aromatic rings. The molecule has 0 saturated carbocycles. The first kappa shape index (κ1) is 19.5. The molecule has 0 saturated heterocycles. The van der Waals surface area contributed by atoms with E-state index < -0.39 is 0 Å². The molecule has 0 bridgehead atoms.